The predicted molar refractivity (Wildman–Crippen MR) is 127 cm³/mol. The molecular formula is C24H32N4O9. The molecule has 202 valence electrons. The topological polar surface area (TPSA) is 153 Å². The average Bonchev–Trinajstić information content (AvgIpc) is 3.06. The number of carbonyl (C=O) groups is 5. The number of hydroxylamine groups is 2. The Morgan fingerprint density at radius 3 is 2.35 bits per heavy atom. The lowest BCUT2D eigenvalue weighted by Gasteiger charge is -2.36. The van der Waals surface area contributed by atoms with E-state index in [4.69, 9.17) is 19.0 Å². The van der Waals surface area contributed by atoms with Crippen molar-refractivity contribution in [3.63, 3.8) is 0 Å². The average molecular weight is 521 g/mol. The van der Waals surface area contributed by atoms with Crippen LogP contribution < -0.4 is 10.6 Å². The Morgan fingerprint density at radius 1 is 1.11 bits per heavy atom. The fourth-order valence-electron chi connectivity index (χ4n) is 3.93. The molecule has 1 spiro atoms. The molecule has 1 aromatic carbocycles. The number of nitrogens with one attached hydrogen (secondary N) is 2. The van der Waals surface area contributed by atoms with E-state index in [1.54, 1.807) is 45.0 Å². The van der Waals surface area contributed by atoms with Gasteiger partial charge in [-0.3, -0.25) is 9.69 Å². The quantitative estimate of drug-likeness (QED) is 0.309. The second-order valence-corrected chi connectivity index (χ2v) is 9.69. The van der Waals surface area contributed by atoms with Gasteiger partial charge in [0.15, 0.2) is 0 Å². The zero-order valence-electron chi connectivity index (χ0n) is 21.3. The summed E-state index contributed by atoms with van der Waals surface area (Å²) in [5.41, 5.74) is -1.20. The molecule has 4 amide bonds. The maximum absolute atomic E-state index is 13.2. The number of alkyl carbamates (subject to hydrolysis) is 1. The Morgan fingerprint density at radius 2 is 1.76 bits per heavy atom. The minimum atomic E-state index is -1.34. The van der Waals surface area contributed by atoms with Crippen molar-refractivity contribution < 1.29 is 43.0 Å². The van der Waals surface area contributed by atoms with Gasteiger partial charge in [0.2, 0.25) is 0 Å². The summed E-state index contributed by atoms with van der Waals surface area (Å²) >= 11 is 0. The van der Waals surface area contributed by atoms with Gasteiger partial charge < -0.3 is 29.7 Å². The number of hydrogen-bond donors (Lipinski definition) is 2. The molecule has 2 aliphatic rings. The van der Waals surface area contributed by atoms with Crippen molar-refractivity contribution in [3.8, 4) is 0 Å². The molecule has 2 heterocycles. The Labute approximate surface area is 214 Å². The van der Waals surface area contributed by atoms with E-state index in [-0.39, 0.29) is 32.5 Å². The summed E-state index contributed by atoms with van der Waals surface area (Å²) < 4.78 is 15.0. The summed E-state index contributed by atoms with van der Waals surface area (Å²) in [7, 11) is 1.13. The number of nitrogens with zero attached hydrogens (tertiary/aromatic N) is 2. The number of methoxy groups -OCH3 is 1. The number of benzene rings is 1. The summed E-state index contributed by atoms with van der Waals surface area (Å²) in [4.78, 5) is 68.5. The highest BCUT2D eigenvalue weighted by Gasteiger charge is 2.53. The Hall–Kier alpha value is -3.87. The van der Waals surface area contributed by atoms with Crippen molar-refractivity contribution in [2.45, 2.75) is 57.4 Å². The second-order valence-electron chi connectivity index (χ2n) is 9.69. The molecule has 2 N–H and O–H groups in total. The number of carbonyl (C=O) groups excluding carboxylic acids is 5. The van der Waals surface area contributed by atoms with E-state index in [1.165, 1.54) is 5.06 Å². The van der Waals surface area contributed by atoms with Crippen LogP contribution in [0.4, 0.5) is 14.4 Å². The maximum atomic E-state index is 13.2. The van der Waals surface area contributed by atoms with Crippen LogP contribution in [-0.2, 0) is 35.2 Å². The molecule has 3 rings (SSSR count). The van der Waals surface area contributed by atoms with E-state index in [0.29, 0.717) is 0 Å². The second kappa shape index (κ2) is 11.5. The lowest BCUT2D eigenvalue weighted by molar-refractivity contribution is -0.162. The van der Waals surface area contributed by atoms with Crippen LogP contribution in [0.2, 0.25) is 0 Å². The van der Waals surface area contributed by atoms with Crippen LogP contribution in [0.1, 0.15) is 39.2 Å². The van der Waals surface area contributed by atoms with Crippen molar-refractivity contribution in [3.05, 3.63) is 35.9 Å². The fraction of sp³-hybridized carbons (Fsp3) is 0.542. The van der Waals surface area contributed by atoms with Gasteiger partial charge in [-0.25, -0.2) is 19.2 Å². The highest BCUT2D eigenvalue weighted by molar-refractivity contribution is 6.07. The molecule has 13 heteroatoms. The van der Waals surface area contributed by atoms with Gasteiger partial charge >= 0.3 is 24.2 Å². The Kier molecular flexibility index (Phi) is 8.58. The number of piperidine rings is 1. The standard InChI is InChI=1S/C24H32N4O9/c1-23(2,3)36-22(33)37-27-12-10-24(11-13-27)19(30)28(20(31)26-24)14-17(18(29)34-4)25-21(32)35-15-16-8-6-5-7-9-16/h5-9,17H,10-15H2,1-4H3,(H,25,32)(H,26,31)/t17-/m0/s1. The minimum Gasteiger partial charge on any atom is -0.467 e. The number of urea groups is 1. The van der Waals surface area contributed by atoms with Crippen LogP contribution in [0, 0.1) is 0 Å². The zero-order valence-corrected chi connectivity index (χ0v) is 21.3. The molecule has 0 unspecified atom stereocenters. The highest BCUT2D eigenvalue weighted by atomic mass is 16.8. The zero-order chi connectivity index (χ0) is 27.2. The molecule has 2 aliphatic heterocycles. The minimum absolute atomic E-state index is 0.0331. The number of rotatable bonds is 7. The van der Waals surface area contributed by atoms with E-state index < -0.39 is 53.9 Å². The third-order valence-corrected chi connectivity index (χ3v) is 5.77. The van der Waals surface area contributed by atoms with Crippen molar-refractivity contribution in [1.82, 2.24) is 20.6 Å². The van der Waals surface area contributed by atoms with E-state index >= 15 is 0 Å². The number of ether oxygens (including phenoxy) is 3. The van der Waals surface area contributed by atoms with E-state index in [0.717, 1.165) is 17.6 Å². The van der Waals surface area contributed by atoms with Gasteiger partial charge in [-0.15, -0.1) is 5.06 Å². The lowest BCUT2D eigenvalue weighted by atomic mass is 9.88. The van der Waals surface area contributed by atoms with Crippen LogP contribution in [0.25, 0.3) is 0 Å². The largest absolute Gasteiger partial charge is 0.528 e. The lowest BCUT2D eigenvalue weighted by Crippen LogP contribution is -2.56. The molecule has 0 aliphatic carbocycles. The summed E-state index contributed by atoms with van der Waals surface area (Å²) in [5.74, 6) is -1.40. The number of hydrogen-bond acceptors (Lipinski definition) is 10. The summed E-state index contributed by atoms with van der Waals surface area (Å²) in [5, 5.41) is 6.41. The van der Waals surface area contributed by atoms with Gasteiger partial charge in [0.05, 0.1) is 13.7 Å². The molecule has 37 heavy (non-hydrogen) atoms. The summed E-state index contributed by atoms with van der Waals surface area (Å²) in [6.07, 6.45) is -1.45. The van der Waals surface area contributed by atoms with Gasteiger partial charge in [-0.2, -0.15) is 0 Å². The van der Waals surface area contributed by atoms with Gasteiger partial charge in [0, 0.05) is 13.1 Å². The fourth-order valence-corrected chi connectivity index (χ4v) is 3.93. The maximum Gasteiger partial charge on any atom is 0.528 e. The monoisotopic (exact) mass is 520 g/mol. The smallest absolute Gasteiger partial charge is 0.467 e. The molecule has 0 aromatic heterocycles. The molecule has 13 nitrogen and oxygen atoms in total. The van der Waals surface area contributed by atoms with E-state index in [2.05, 4.69) is 10.6 Å². The van der Waals surface area contributed by atoms with Crippen LogP contribution >= 0.6 is 0 Å². The van der Waals surface area contributed by atoms with Crippen LogP contribution in [-0.4, -0.2) is 84.0 Å². The first-order chi connectivity index (χ1) is 17.4. The third-order valence-electron chi connectivity index (χ3n) is 5.77. The van der Waals surface area contributed by atoms with Gasteiger partial charge in [-0.05, 0) is 39.2 Å². The summed E-state index contributed by atoms with van der Waals surface area (Å²) in [6, 6.07) is 6.88. The van der Waals surface area contributed by atoms with Crippen LogP contribution in [0.15, 0.2) is 30.3 Å². The molecule has 2 saturated heterocycles. The SMILES string of the molecule is COC(=O)[C@H](CN1C(=O)NC2(CCN(OC(=O)OC(C)(C)C)CC2)C1=O)NC(=O)OCc1ccccc1. The molecule has 1 aromatic rings. The Balaban J connectivity index is 1.57. The first-order valence-corrected chi connectivity index (χ1v) is 11.8. The number of amides is 4. The van der Waals surface area contributed by atoms with Gasteiger partial charge in [0.25, 0.3) is 5.91 Å². The third kappa shape index (κ3) is 7.32. The Bertz CT molecular complexity index is 1020. The van der Waals surface area contributed by atoms with Crippen molar-refractivity contribution in [2.24, 2.45) is 0 Å². The van der Waals surface area contributed by atoms with Crippen molar-refractivity contribution >= 4 is 30.2 Å². The molecule has 2 fully saturated rings. The number of imide groups is 1. The van der Waals surface area contributed by atoms with Crippen LogP contribution in [0.5, 0.6) is 0 Å². The highest BCUT2D eigenvalue weighted by Crippen LogP contribution is 2.30. The molecule has 0 saturated carbocycles. The van der Waals surface area contributed by atoms with E-state index in [9.17, 15) is 24.0 Å². The molecular weight excluding hydrogens is 488 g/mol. The normalized spacial score (nSPS) is 18.1. The first-order valence-electron chi connectivity index (χ1n) is 11.8. The van der Waals surface area contributed by atoms with E-state index in [1.807, 2.05) is 6.07 Å². The van der Waals surface area contributed by atoms with Gasteiger partial charge in [0.1, 0.15) is 23.8 Å². The molecule has 0 bridgehead atoms. The van der Waals surface area contributed by atoms with Crippen molar-refractivity contribution in [1.29, 1.82) is 0 Å². The summed E-state index contributed by atoms with van der Waals surface area (Å²) in [6.45, 7) is 4.99. The predicted octanol–water partition coefficient (Wildman–Crippen LogP) is 1.71. The van der Waals surface area contributed by atoms with Crippen LogP contribution in [0.3, 0.4) is 0 Å². The number of esters is 1. The molecule has 0 radical (unpaired) electrons. The first kappa shape index (κ1) is 27.7. The van der Waals surface area contributed by atoms with Crippen molar-refractivity contribution in [2.75, 3.05) is 26.7 Å². The molecule has 1 atom stereocenters. The van der Waals surface area contributed by atoms with Gasteiger partial charge in [-0.1, -0.05) is 30.3 Å².